The lowest BCUT2D eigenvalue weighted by Gasteiger charge is -2.36. The molecule has 1 fully saturated rings. The van der Waals surface area contributed by atoms with Gasteiger partial charge in [0.1, 0.15) is 0 Å². The van der Waals surface area contributed by atoms with E-state index in [0.29, 0.717) is 26.1 Å². The SMILES string of the molecule is CN(C)C(=O)CCNC(=O)N1CCN(c2ccccc2Cl)CC1. The van der Waals surface area contributed by atoms with E-state index in [-0.39, 0.29) is 11.9 Å². The molecule has 0 atom stereocenters. The highest BCUT2D eigenvalue weighted by Crippen LogP contribution is 2.25. The van der Waals surface area contributed by atoms with Crippen LogP contribution in [0, 0.1) is 0 Å². The number of hydrogen-bond acceptors (Lipinski definition) is 3. The van der Waals surface area contributed by atoms with Crippen molar-refractivity contribution in [3.8, 4) is 0 Å². The van der Waals surface area contributed by atoms with Gasteiger partial charge in [-0.1, -0.05) is 23.7 Å². The van der Waals surface area contributed by atoms with E-state index in [0.717, 1.165) is 23.8 Å². The van der Waals surface area contributed by atoms with Gasteiger partial charge in [0.15, 0.2) is 0 Å². The number of halogens is 1. The minimum absolute atomic E-state index is 0.00818. The molecule has 0 bridgehead atoms. The van der Waals surface area contributed by atoms with Gasteiger partial charge in [-0.15, -0.1) is 0 Å². The summed E-state index contributed by atoms with van der Waals surface area (Å²) < 4.78 is 0. The van der Waals surface area contributed by atoms with Crippen molar-refractivity contribution in [3.05, 3.63) is 29.3 Å². The van der Waals surface area contributed by atoms with Gasteiger partial charge in [-0.2, -0.15) is 0 Å². The van der Waals surface area contributed by atoms with Gasteiger partial charge in [-0.05, 0) is 12.1 Å². The van der Waals surface area contributed by atoms with Crippen LogP contribution in [0.1, 0.15) is 6.42 Å². The number of anilines is 1. The van der Waals surface area contributed by atoms with Crippen LogP contribution in [0.3, 0.4) is 0 Å². The quantitative estimate of drug-likeness (QED) is 0.908. The number of benzene rings is 1. The summed E-state index contributed by atoms with van der Waals surface area (Å²) >= 11 is 6.21. The zero-order valence-corrected chi connectivity index (χ0v) is 14.3. The highest BCUT2D eigenvalue weighted by molar-refractivity contribution is 6.33. The number of para-hydroxylation sites is 1. The fourth-order valence-electron chi connectivity index (χ4n) is 2.47. The largest absolute Gasteiger partial charge is 0.367 e. The third kappa shape index (κ3) is 4.76. The second kappa shape index (κ2) is 8.06. The van der Waals surface area contributed by atoms with E-state index >= 15 is 0 Å². The topological polar surface area (TPSA) is 55.9 Å². The normalized spacial score (nSPS) is 14.6. The third-order valence-electron chi connectivity index (χ3n) is 3.87. The summed E-state index contributed by atoms with van der Waals surface area (Å²) in [5.74, 6) is 0.00818. The van der Waals surface area contributed by atoms with Crippen LogP contribution in [0.4, 0.5) is 10.5 Å². The molecular weight excluding hydrogens is 316 g/mol. The smallest absolute Gasteiger partial charge is 0.317 e. The van der Waals surface area contributed by atoms with E-state index in [9.17, 15) is 9.59 Å². The number of carbonyl (C=O) groups is 2. The Labute approximate surface area is 142 Å². The zero-order chi connectivity index (χ0) is 16.8. The van der Waals surface area contributed by atoms with E-state index < -0.39 is 0 Å². The Morgan fingerprint density at radius 3 is 2.43 bits per heavy atom. The van der Waals surface area contributed by atoms with Crippen LogP contribution in [-0.4, -0.2) is 68.6 Å². The van der Waals surface area contributed by atoms with Crippen LogP contribution in [0.5, 0.6) is 0 Å². The van der Waals surface area contributed by atoms with Crippen LogP contribution in [0.15, 0.2) is 24.3 Å². The molecule has 0 unspecified atom stereocenters. The molecule has 1 aliphatic rings. The molecule has 1 aliphatic heterocycles. The van der Waals surface area contributed by atoms with Crippen molar-refractivity contribution in [1.82, 2.24) is 15.1 Å². The Balaban J connectivity index is 1.77. The maximum atomic E-state index is 12.1. The first-order valence-electron chi connectivity index (χ1n) is 7.71. The average Bonchev–Trinajstić information content (AvgIpc) is 2.55. The van der Waals surface area contributed by atoms with E-state index in [1.165, 1.54) is 4.90 Å². The molecule has 3 amide bonds. The average molecular weight is 339 g/mol. The van der Waals surface area contributed by atoms with Crippen molar-refractivity contribution in [3.63, 3.8) is 0 Å². The standard InChI is InChI=1S/C16H23ClN4O2/c1-19(2)15(22)7-8-18-16(23)21-11-9-20(10-12-21)14-6-4-3-5-13(14)17/h3-6H,7-12H2,1-2H3,(H,18,23). The van der Waals surface area contributed by atoms with Crippen molar-refractivity contribution < 1.29 is 9.59 Å². The molecule has 0 aliphatic carbocycles. The van der Waals surface area contributed by atoms with Crippen LogP contribution in [0.2, 0.25) is 5.02 Å². The molecule has 1 aromatic rings. The number of amides is 3. The minimum atomic E-state index is -0.115. The summed E-state index contributed by atoms with van der Waals surface area (Å²) in [6.45, 7) is 3.12. The predicted octanol–water partition coefficient (Wildman–Crippen LogP) is 1.65. The number of piperazine rings is 1. The molecule has 0 aromatic heterocycles. The van der Waals surface area contributed by atoms with E-state index in [2.05, 4.69) is 10.2 Å². The number of nitrogens with one attached hydrogen (secondary N) is 1. The van der Waals surface area contributed by atoms with Crippen molar-refractivity contribution in [1.29, 1.82) is 0 Å². The van der Waals surface area contributed by atoms with Gasteiger partial charge < -0.3 is 20.0 Å². The monoisotopic (exact) mass is 338 g/mol. The number of urea groups is 1. The van der Waals surface area contributed by atoms with Crippen LogP contribution in [-0.2, 0) is 4.79 Å². The summed E-state index contributed by atoms with van der Waals surface area (Å²) in [6, 6.07) is 7.62. The molecule has 0 radical (unpaired) electrons. The lowest BCUT2D eigenvalue weighted by Crippen LogP contribution is -2.52. The number of hydrogen-bond donors (Lipinski definition) is 1. The van der Waals surface area contributed by atoms with Crippen LogP contribution >= 0.6 is 11.6 Å². The van der Waals surface area contributed by atoms with Gasteiger partial charge in [-0.25, -0.2) is 4.79 Å². The first-order valence-corrected chi connectivity index (χ1v) is 8.09. The lowest BCUT2D eigenvalue weighted by atomic mass is 10.2. The fraction of sp³-hybridized carbons (Fsp3) is 0.500. The zero-order valence-electron chi connectivity index (χ0n) is 13.6. The summed E-state index contributed by atoms with van der Waals surface area (Å²) in [5, 5.41) is 3.53. The van der Waals surface area contributed by atoms with Gasteiger partial charge in [-0.3, -0.25) is 4.79 Å². The maximum absolute atomic E-state index is 12.1. The van der Waals surface area contributed by atoms with Gasteiger partial charge in [0.25, 0.3) is 0 Å². The molecule has 2 rings (SSSR count). The third-order valence-corrected chi connectivity index (χ3v) is 4.19. The molecule has 7 heteroatoms. The maximum Gasteiger partial charge on any atom is 0.317 e. The van der Waals surface area contributed by atoms with Gasteiger partial charge in [0.2, 0.25) is 5.91 Å². The lowest BCUT2D eigenvalue weighted by molar-refractivity contribution is -0.128. The molecule has 1 aromatic carbocycles. The van der Waals surface area contributed by atoms with E-state index in [4.69, 9.17) is 11.6 Å². The Kier molecular flexibility index (Phi) is 6.10. The molecule has 1 saturated heterocycles. The molecule has 23 heavy (non-hydrogen) atoms. The Hall–Kier alpha value is -1.95. The van der Waals surface area contributed by atoms with Crippen LogP contribution < -0.4 is 10.2 Å². The van der Waals surface area contributed by atoms with Gasteiger partial charge in [0.05, 0.1) is 10.7 Å². The summed E-state index contributed by atoms with van der Waals surface area (Å²) in [4.78, 5) is 29.1. The Bertz CT molecular complexity index is 557. The highest BCUT2D eigenvalue weighted by atomic mass is 35.5. The number of rotatable bonds is 4. The number of carbonyl (C=O) groups excluding carboxylic acids is 2. The molecule has 1 N–H and O–H groups in total. The number of nitrogens with zero attached hydrogens (tertiary/aromatic N) is 3. The van der Waals surface area contributed by atoms with Gasteiger partial charge >= 0.3 is 6.03 Å². The Morgan fingerprint density at radius 1 is 1.17 bits per heavy atom. The van der Waals surface area contributed by atoms with Crippen molar-refractivity contribution in [2.45, 2.75) is 6.42 Å². The predicted molar refractivity (Wildman–Crippen MR) is 91.9 cm³/mol. The first-order chi connectivity index (χ1) is 11.0. The Morgan fingerprint density at radius 2 is 1.83 bits per heavy atom. The fourth-order valence-corrected chi connectivity index (χ4v) is 2.73. The van der Waals surface area contributed by atoms with Crippen LogP contribution in [0.25, 0.3) is 0 Å². The van der Waals surface area contributed by atoms with E-state index in [1.807, 2.05) is 24.3 Å². The highest BCUT2D eigenvalue weighted by Gasteiger charge is 2.22. The van der Waals surface area contributed by atoms with Crippen molar-refractivity contribution in [2.24, 2.45) is 0 Å². The minimum Gasteiger partial charge on any atom is -0.367 e. The van der Waals surface area contributed by atoms with Crippen molar-refractivity contribution in [2.75, 3.05) is 51.7 Å². The summed E-state index contributed by atoms with van der Waals surface area (Å²) in [7, 11) is 3.41. The van der Waals surface area contributed by atoms with Crippen molar-refractivity contribution >= 4 is 29.2 Å². The molecule has 0 spiro atoms. The molecule has 0 saturated carbocycles. The second-order valence-corrected chi connectivity index (χ2v) is 6.10. The summed E-state index contributed by atoms with van der Waals surface area (Å²) in [5.41, 5.74) is 1.01. The molecule has 1 heterocycles. The summed E-state index contributed by atoms with van der Waals surface area (Å²) in [6.07, 6.45) is 0.318. The molecule has 126 valence electrons. The molecule has 6 nitrogen and oxygen atoms in total. The first kappa shape index (κ1) is 17.4. The van der Waals surface area contributed by atoms with Gasteiger partial charge in [0, 0.05) is 53.2 Å². The second-order valence-electron chi connectivity index (χ2n) is 5.70. The van der Waals surface area contributed by atoms with E-state index in [1.54, 1.807) is 19.0 Å². The molecular formula is C16H23ClN4O2.